The Morgan fingerprint density at radius 1 is 1.06 bits per heavy atom. The van der Waals surface area contributed by atoms with Gasteiger partial charge in [0, 0.05) is 17.3 Å². The van der Waals surface area contributed by atoms with Crippen molar-refractivity contribution < 1.29 is 32.3 Å². The molecule has 1 fully saturated rings. The molecule has 0 saturated heterocycles. The molecule has 186 valence electrons. The third-order valence-corrected chi connectivity index (χ3v) is 6.71. The van der Waals surface area contributed by atoms with E-state index in [0.29, 0.717) is 12.8 Å². The van der Waals surface area contributed by atoms with Gasteiger partial charge >= 0.3 is 12.1 Å². The van der Waals surface area contributed by atoms with Crippen LogP contribution in [0.25, 0.3) is 0 Å². The Morgan fingerprint density at radius 2 is 1.62 bits per heavy atom. The zero-order valence-electron chi connectivity index (χ0n) is 20.1. The van der Waals surface area contributed by atoms with E-state index in [2.05, 4.69) is 4.74 Å². The van der Waals surface area contributed by atoms with Gasteiger partial charge in [0.25, 0.3) is 17.4 Å². The van der Waals surface area contributed by atoms with Crippen molar-refractivity contribution in [2.75, 3.05) is 7.11 Å². The molecule has 6 nitrogen and oxygen atoms in total. The summed E-state index contributed by atoms with van der Waals surface area (Å²) in [5, 5.41) is 1.91. The van der Waals surface area contributed by atoms with E-state index in [4.69, 9.17) is 0 Å². The first-order valence-electron chi connectivity index (χ1n) is 11.4. The van der Waals surface area contributed by atoms with Crippen molar-refractivity contribution in [1.29, 1.82) is 0 Å². The van der Waals surface area contributed by atoms with Crippen molar-refractivity contribution in [2.45, 2.75) is 83.0 Å². The number of hydrogen-bond acceptors (Lipinski definition) is 4. The second-order valence-corrected chi connectivity index (χ2v) is 9.95. The highest BCUT2D eigenvalue weighted by Gasteiger charge is 2.71. The standard InChI is InChI=1S/C25H31F3N2O4/c1-15-19(21(32)34-5)24(25(26,27)28,22(33)30(15)18-9-7-6-8-10-18)29-20(31)16-11-13-17(14-12-16)23(2,3)4/h11-14,18H,6-10H2,1-5H3,(H,29,31)/t24-/m0/s1. The molecule has 0 unspecified atom stereocenters. The maximum Gasteiger partial charge on any atom is 0.425 e. The molecule has 9 heteroatoms. The SMILES string of the molecule is COC(=O)C1=C(C)N(C2CCCCC2)C(=O)[C@]1(NC(=O)c1ccc(C(C)(C)C)cc1)C(F)(F)F. The van der Waals surface area contributed by atoms with E-state index in [1.807, 2.05) is 26.1 Å². The molecule has 2 amide bonds. The van der Waals surface area contributed by atoms with Crippen LogP contribution in [0, 0.1) is 0 Å². The molecule has 1 N–H and O–H groups in total. The Labute approximate surface area is 197 Å². The van der Waals surface area contributed by atoms with Crippen LogP contribution >= 0.6 is 0 Å². The van der Waals surface area contributed by atoms with Crippen LogP contribution in [-0.4, -0.2) is 47.6 Å². The molecular formula is C25H31F3N2O4. The highest BCUT2D eigenvalue weighted by atomic mass is 19.4. The van der Waals surface area contributed by atoms with Crippen LogP contribution in [0.3, 0.4) is 0 Å². The van der Waals surface area contributed by atoms with Gasteiger partial charge in [-0.2, -0.15) is 13.2 Å². The van der Waals surface area contributed by atoms with Gasteiger partial charge in [-0.3, -0.25) is 9.59 Å². The third kappa shape index (κ3) is 4.32. The molecule has 1 heterocycles. The number of carbonyl (C=O) groups excluding carboxylic acids is 3. The largest absolute Gasteiger partial charge is 0.466 e. The van der Waals surface area contributed by atoms with Gasteiger partial charge in [-0.25, -0.2) is 4.79 Å². The number of amides is 2. The molecule has 2 aliphatic rings. The first-order valence-corrected chi connectivity index (χ1v) is 11.4. The monoisotopic (exact) mass is 480 g/mol. The summed E-state index contributed by atoms with van der Waals surface area (Å²) in [7, 11) is 0.949. The molecule has 1 aliphatic heterocycles. The number of carbonyl (C=O) groups is 3. The highest BCUT2D eigenvalue weighted by molar-refractivity contribution is 6.11. The van der Waals surface area contributed by atoms with E-state index in [1.165, 1.54) is 19.1 Å². The van der Waals surface area contributed by atoms with E-state index in [1.54, 1.807) is 12.1 Å². The summed E-state index contributed by atoms with van der Waals surface area (Å²) in [5.41, 5.74) is -3.94. The maximum atomic E-state index is 14.7. The van der Waals surface area contributed by atoms with Crippen molar-refractivity contribution in [3.8, 4) is 0 Å². The number of esters is 1. The van der Waals surface area contributed by atoms with Gasteiger partial charge in [-0.15, -0.1) is 0 Å². The Hall–Kier alpha value is -2.84. The number of methoxy groups -OCH3 is 1. The molecule has 0 spiro atoms. The second kappa shape index (κ2) is 9.07. The average molecular weight is 481 g/mol. The third-order valence-electron chi connectivity index (χ3n) is 6.71. The van der Waals surface area contributed by atoms with E-state index >= 15 is 0 Å². The first-order chi connectivity index (χ1) is 15.8. The van der Waals surface area contributed by atoms with Crippen molar-refractivity contribution in [2.24, 2.45) is 0 Å². The lowest BCUT2D eigenvalue weighted by Crippen LogP contribution is -2.66. The Morgan fingerprint density at radius 3 is 2.09 bits per heavy atom. The van der Waals surface area contributed by atoms with E-state index < -0.39 is 41.1 Å². The number of nitrogens with one attached hydrogen (secondary N) is 1. The number of halogens is 3. The van der Waals surface area contributed by atoms with Gasteiger partial charge in [0.05, 0.1) is 7.11 Å². The van der Waals surface area contributed by atoms with Crippen LogP contribution in [-0.2, 0) is 19.7 Å². The maximum absolute atomic E-state index is 14.7. The Kier molecular flexibility index (Phi) is 6.88. The zero-order chi connectivity index (χ0) is 25.5. The number of ether oxygens (including phenoxy) is 1. The molecule has 0 aromatic heterocycles. The molecule has 34 heavy (non-hydrogen) atoms. The van der Waals surface area contributed by atoms with Gasteiger partial charge in [0.1, 0.15) is 5.57 Å². The highest BCUT2D eigenvalue weighted by Crippen LogP contribution is 2.47. The summed E-state index contributed by atoms with van der Waals surface area (Å²) in [4.78, 5) is 40.2. The van der Waals surface area contributed by atoms with Crippen LogP contribution in [0.4, 0.5) is 13.2 Å². The van der Waals surface area contributed by atoms with Gasteiger partial charge in [0.15, 0.2) is 0 Å². The lowest BCUT2D eigenvalue weighted by Gasteiger charge is -2.36. The lowest BCUT2D eigenvalue weighted by molar-refractivity contribution is -0.193. The topological polar surface area (TPSA) is 75.7 Å². The molecule has 0 bridgehead atoms. The molecule has 1 aromatic carbocycles. The van der Waals surface area contributed by atoms with Crippen LogP contribution in [0.15, 0.2) is 35.5 Å². The summed E-state index contributed by atoms with van der Waals surface area (Å²) in [5.74, 6) is -3.78. The predicted octanol–water partition coefficient (Wildman–Crippen LogP) is 4.64. The van der Waals surface area contributed by atoms with E-state index in [-0.39, 0.29) is 16.7 Å². The smallest absolute Gasteiger partial charge is 0.425 e. The number of benzene rings is 1. The van der Waals surface area contributed by atoms with Crippen molar-refractivity contribution >= 4 is 17.8 Å². The Balaban J connectivity index is 2.09. The first kappa shape index (κ1) is 25.8. The van der Waals surface area contributed by atoms with Crippen molar-refractivity contribution in [3.63, 3.8) is 0 Å². The fraction of sp³-hybridized carbons (Fsp3) is 0.560. The number of allylic oxidation sites excluding steroid dienone is 1. The van der Waals surface area contributed by atoms with Crippen molar-refractivity contribution in [1.82, 2.24) is 10.2 Å². The predicted molar refractivity (Wildman–Crippen MR) is 120 cm³/mol. The summed E-state index contributed by atoms with van der Waals surface area (Å²) in [6.07, 6.45) is -1.78. The molecule has 1 aromatic rings. The quantitative estimate of drug-likeness (QED) is 0.638. The summed E-state index contributed by atoms with van der Waals surface area (Å²) < 4.78 is 48.8. The summed E-state index contributed by atoms with van der Waals surface area (Å²) in [6.45, 7) is 7.20. The van der Waals surface area contributed by atoms with Gasteiger partial charge in [0.2, 0.25) is 0 Å². The van der Waals surface area contributed by atoms with Crippen molar-refractivity contribution in [3.05, 3.63) is 46.7 Å². The molecule has 1 saturated carbocycles. The fourth-order valence-corrected chi connectivity index (χ4v) is 4.83. The minimum absolute atomic E-state index is 0.0533. The number of rotatable bonds is 4. The second-order valence-electron chi connectivity index (χ2n) is 9.95. The van der Waals surface area contributed by atoms with Crippen LogP contribution in [0.1, 0.15) is 75.7 Å². The average Bonchev–Trinajstić information content (AvgIpc) is 3.00. The normalized spacial score (nSPS) is 22.2. The Bertz CT molecular complexity index is 1000. The van der Waals surface area contributed by atoms with E-state index in [9.17, 15) is 27.6 Å². The van der Waals surface area contributed by atoms with Crippen LogP contribution < -0.4 is 5.32 Å². The molecule has 0 radical (unpaired) electrons. The van der Waals surface area contributed by atoms with Gasteiger partial charge in [-0.05, 0) is 42.9 Å². The van der Waals surface area contributed by atoms with Gasteiger partial charge in [-0.1, -0.05) is 52.2 Å². The molecule has 1 atom stereocenters. The molecular weight excluding hydrogens is 449 g/mol. The number of hydrogen-bond donors (Lipinski definition) is 1. The van der Waals surface area contributed by atoms with Gasteiger partial charge < -0.3 is 15.0 Å². The summed E-state index contributed by atoms with van der Waals surface area (Å²) >= 11 is 0. The minimum atomic E-state index is -5.28. The number of alkyl halides is 3. The molecule has 1 aliphatic carbocycles. The lowest BCUT2D eigenvalue weighted by atomic mass is 9.86. The zero-order valence-corrected chi connectivity index (χ0v) is 20.1. The molecule has 3 rings (SSSR count). The minimum Gasteiger partial charge on any atom is -0.466 e. The van der Waals surface area contributed by atoms with Crippen LogP contribution in [0.5, 0.6) is 0 Å². The fourth-order valence-electron chi connectivity index (χ4n) is 4.83. The summed E-state index contributed by atoms with van der Waals surface area (Å²) in [6, 6.07) is 5.65. The van der Waals surface area contributed by atoms with E-state index in [0.717, 1.165) is 36.8 Å². The van der Waals surface area contributed by atoms with Crippen LogP contribution in [0.2, 0.25) is 0 Å². The number of nitrogens with zero attached hydrogens (tertiary/aromatic N) is 1.